The number of hydrogen-bond donors (Lipinski definition) is 1. The third-order valence-corrected chi connectivity index (χ3v) is 3.17. The average molecular weight is 198 g/mol. The second-order valence-corrected chi connectivity index (χ2v) is 5.37. The van der Waals surface area contributed by atoms with E-state index in [2.05, 4.69) is 38.2 Å². The fourth-order valence-electron chi connectivity index (χ4n) is 2.61. The summed E-state index contributed by atoms with van der Waals surface area (Å²) in [4.78, 5) is 2.24. The van der Waals surface area contributed by atoms with Crippen LogP contribution < -0.4 is 5.32 Å². The highest BCUT2D eigenvalue weighted by Gasteiger charge is 2.22. The maximum absolute atomic E-state index is 3.67. The van der Waals surface area contributed by atoms with Crippen LogP contribution in [0.3, 0.4) is 0 Å². The van der Waals surface area contributed by atoms with Crippen molar-refractivity contribution >= 4 is 0 Å². The molecule has 0 aromatic heterocycles. The van der Waals surface area contributed by atoms with Gasteiger partial charge in [0.25, 0.3) is 0 Å². The van der Waals surface area contributed by atoms with Crippen LogP contribution in [0.1, 0.15) is 33.1 Å². The minimum atomic E-state index is 0.772. The molecule has 0 saturated heterocycles. The summed E-state index contributed by atoms with van der Waals surface area (Å²) in [7, 11) is 4.27. The van der Waals surface area contributed by atoms with Crippen LogP contribution in [-0.2, 0) is 0 Å². The molecule has 1 N–H and O–H groups in total. The molecule has 84 valence electrons. The summed E-state index contributed by atoms with van der Waals surface area (Å²) in [6.45, 7) is 7.06. The molecule has 0 spiro atoms. The molecule has 1 saturated carbocycles. The third kappa shape index (κ3) is 4.43. The van der Waals surface area contributed by atoms with Crippen molar-refractivity contribution in [3.05, 3.63) is 0 Å². The van der Waals surface area contributed by atoms with Gasteiger partial charge >= 0.3 is 0 Å². The number of likely N-dealkylation sites (N-methyl/N-ethyl adjacent to an activating group) is 1. The first-order chi connectivity index (χ1) is 6.58. The lowest BCUT2D eigenvalue weighted by Crippen LogP contribution is -2.39. The van der Waals surface area contributed by atoms with Gasteiger partial charge in [0.15, 0.2) is 0 Å². The summed E-state index contributed by atoms with van der Waals surface area (Å²) in [5.41, 5.74) is 0. The summed E-state index contributed by atoms with van der Waals surface area (Å²) < 4.78 is 0. The van der Waals surface area contributed by atoms with Crippen LogP contribution in [0, 0.1) is 11.8 Å². The van der Waals surface area contributed by atoms with E-state index in [1.165, 1.54) is 19.3 Å². The Labute approximate surface area is 89.1 Å². The summed E-state index contributed by atoms with van der Waals surface area (Å²) in [6.07, 6.45) is 4.17. The first kappa shape index (κ1) is 12.0. The molecule has 1 aliphatic rings. The van der Waals surface area contributed by atoms with Crippen LogP contribution in [-0.4, -0.2) is 38.1 Å². The summed E-state index contributed by atoms with van der Waals surface area (Å²) in [6, 6.07) is 0.772. The van der Waals surface area contributed by atoms with E-state index in [9.17, 15) is 0 Å². The number of hydrogen-bond acceptors (Lipinski definition) is 2. The van der Waals surface area contributed by atoms with Crippen molar-refractivity contribution in [2.24, 2.45) is 11.8 Å². The van der Waals surface area contributed by atoms with Gasteiger partial charge < -0.3 is 10.2 Å². The molecule has 0 aromatic rings. The van der Waals surface area contributed by atoms with Gasteiger partial charge in [0, 0.05) is 19.1 Å². The van der Waals surface area contributed by atoms with E-state index < -0.39 is 0 Å². The normalized spacial score (nSPS) is 33.6. The quantitative estimate of drug-likeness (QED) is 0.743. The molecule has 0 radical (unpaired) electrons. The minimum Gasteiger partial charge on any atom is -0.313 e. The maximum atomic E-state index is 3.67. The van der Waals surface area contributed by atoms with Crippen molar-refractivity contribution in [3.63, 3.8) is 0 Å². The minimum absolute atomic E-state index is 0.772. The molecule has 0 aromatic carbocycles. The van der Waals surface area contributed by atoms with Gasteiger partial charge in [-0.15, -0.1) is 0 Å². The SMILES string of the molecule is CC1CC(C)CC(NCCN(C)C)C1. The largest absolute Gasteiger partial charge is 0.313 e. The Morgan fingerprint density at radius 3 is 2.14 bits per heavy atom. The van der Waals surface area contributed by atoms with E-state index >= 15 is 0 Å². The van der Waals surface area contributed by atoms with Crippen molar-refractivity contribution < 1.29 is 0 Å². The number of nitrogens with one attached hydrogen (secondary N) is 1. The van der Waals surface area contributed by atoms with Crippen LogP contribution in [0.15, 0.2) is 0 Å². The molecule has 1 rings (SSSR count). The summed E-state index contributed by atoms with van der Waals surface area (Å²) >= 11 is 0. The molecular formula is C12H26N2. The zero-order valence-corrected chi connectivity index (χ0v) is 10.2. The van der Waals surface area contributed by atoms with Gasteiger partial charge in [-0.3, -0.25) is 0 Å². The van der Waals surface area contributed by atoms with Gasteiger partial charge in [-0.2, -0.15) is 0 Å². The lowest BCUT2D eigenvalue weighted by atomic mass is 9.80. The van der Waals surface area contributed by atoms with Gasteiger partial charge in [0.1, 0.15) is 0 Å². The number of rotatable bonds is 4. The molecule has 1 aliphatic carbocycles. The molecule has 0 aliphatic heterocycles. The third-order valence-electron chi connectivity index (χ3n) is 3.17. The predicted molar refractivity (Wildman–Crippen MR) is 62.5 cm³/mol. The van der Waals surface area contributed by atoms with Crippen LogP contribution in [0.25, 0.3) is 0 Å². The summed E-state index contributed by atoms with van der Waals surface area (Å²) in [5, 5.41) is 3.67. The monoisotopic (exact) mass is 198 g/mol. The molecule has 0 bridgehead atoms. The first-order valence-corrected chi connectivity index (χ1v) is 5.96. The van der Waals surface area contributed by atoms with Gasteiger partial charge in [0.2, 0.25) is 0 Å². The molecular weight excluding hydrogens is 172 g/mol. The molecule has 2 nitrogen and oxygen atoms in total. The number of nitrogens with zero attached hydrogens (tertiary/aromatic N) is 1. The Morgan fingerprint density at radius 2 is 1.64 bits per heavy atom. The molecule has 14 heavy (non-hydrogen) atoms. The predicted octanol–water partition coefficient (Wildman–Crippen LogP) is 1.96. The van der Waals surface area contributed by atoms with E-state index in [4.69, 9.17) is 0 Å². The van der Waals surface area contributed by atoms with Gasteiger partial charge in [-0.05, 0) is 45.2 Å². The van der Waals surface area contributed by atoms with Crippen molar-refractivity contribution in [2.75, 3.05) is 27.2 Å². The molecule has 0 amide bonds. The fraction of sp³-hybridized carbons (Fsp3) is 1.00. The van der Waals surface area contributed by atoms with E-state index in [1.54, 1.807) is 0 Å². The fourth-order valence-corrected chi connectivity index (χ4v) is 2.61. The van der Waals surface area contributed by atoms with Crippen LogP contribution in [0.2, 0.25) is 0 Å². The van der Waals surface area contributed by atoms with Crippen molar-refractivity contribution in [1.82, 2.24) is 10.2 Å². The van der Waals surface area contributed by atoms with Crippen LogP contribution >= 0.6 is 0 Å². The van der Waals surface area contributed by atoms with Gasteiger partial charge in [0.05, 0.1) is 0 Å². The van der Waals surface area contributed by atoms with Crippen LogP contribution in [0.5, 0.6) is 0 Å². The van der Waals surface area contributed by atoms with Crippen LogP contribution in [0.4, 0.5) is 0 Å². The molecule has 0 heterocycles. The standard InChI is InChI=1S/C12H26N2/c1-10-7-11(2)9-12(8-10)13-5-6-14(3)4/h10-13H,5-9H2,1-4H3. The van der Waals surface area contributed by atoms with E-state index in [0.717, 1.165) is 31.0 Å². The molecule has 2 heteroatoms. The highest BCUT2D eigenvalue weighted by atomic mass is 15.1. The van der Waals surface area contributed by atoms with Gasteiger partial charge in [-0.25, -0.2) is 0 Å². The zero-order chi connectivity index (χ0) is 10.6. The average Bonchev–Trinajstić information content (AvgIpc) is 2.01. The van der Waals surface area contributed by atoms with Crippen molar-refractivity contribution in [2.45, 2.75) is 39.2 Å². The van der Waals surface area contributed by atoms with Crippen molar-refractivity contribution in [1.29, 1.82) is 0 Å². The highest BCUT2D eigenvalue weighted by Crippen LogP contribution is 2.28. The zero-order valence-electron chi connectivity index (χ0n) is 10.2. The van der Waals surface area contributed by atoms with E-state index in [1.807, 2.05) is 0 Å². The Hall–Kier alpha value is -0.0800. The topological polar surface area (TPSA) is 15.3 Å². The second-order valence-electron chi connectivity index (χ2n) is 5.37. The molecule has 2 atom stereocenters. The lowest BCUT2D eigenvalue weighted by molar-refractivity contribution is 0.234. The Bertz CT molecular complexity index is 146. The smallest absolute Gasteiger partial charge is 0.0101 e. The maximum Gasteiger partial charge on any atom is 0.0101 e. The summed E-state index contributed by atoms with van der Waals surface area (Å²) in [5.74, 6) is 1.83. The Kier molecular flexibility index (Phi) is 4.90. The van der Waals surface area contributed by atoms with E-state index in [-0.39, 0.29) is 0 Å². The molecule has 2 unspecified atom stereocenters. The first-order valence-electron chi connectivity index (χ1n) is 5.96. The second kappa shape index (κ2) is 5.72. The Balaban J connectivity index is 2.17. The highest BCUT2D eigenvalue weighted by molar-refractivity contribution is 4.79. The van der Waals surface area contributed by atoms with E-state index in [0.29, 0.717) is 0 Å². The lowest BCUT2D eigenvalue weighted by Gasteiger charge is -2.32. The Morgan fingerprint density at radius 1 is 1.07 bits per heavy atom. The van der Waals surface area contributed by atoms with Crippen molar-refractivity contribution in [3.8, 4) is 0 Å². The molecule has 1 fully saturated rings. The van der Waals surface area contributed by atoms with Gasteiger partial charge in [-0.1, -0.05) is 13.8 Å².